The van der Waals surface area contributed by atoms with Gasteiger partial charge in [-0.25, -0.2) is 0 Å². The third kappa shape index (κ3) is 43.3. The van der Waals surface area contributed by atoms with Crippen molar-refractivity contribution >= 4 is 5.91 Å². The number of nitrogens with one attached hydrogen (secondary N) is 1. The SMILES string of the molecule is CCCCCCCCCCCCCCCCCCCCCCCCCCCCC/C=C/C(O)C(COC1OC(CO)C(OC2OC(CO)C(OC3OC(CO)C(O)C(O)C3O)C(O)C2O)C(O)C1O)NC(=O)CCCCCCCCCCCCCCCCCCCCCCCCCCCCC. The monoisotopic (exact) mass is 1440 g/mol. The van der Waals surface area contributed by atoms with Crippen LogP contribution >= 0.6 is 0 Å². The van der Waals surface area contributed by atoms with Crippen LogP contribution in [0.1, 0.15) is 373 Å². The average Bonchev–Trinajstić information content (AvgIpc) is 0.782. The predicted octanol–water partition coefficient (Wildman–Crippen LogP) is 14.7. The van der Waals surface area contributed by atoms with Gasteiger partial charge in [-0.1, -0.05) is 360 Å². The lowest BCUT2D eigenvalue weighted by Gasteiger charge is -2.48. The van der Waals surface area contributed by atoms with Gasteiger partial charge in [0.25, 0.3) is 0 Å². The summed E-state index contributed by atoms with van der Waals surface area (Å²) in [6.07, 6.45) is 49.2. The van der Waals surface area contributed by atoms with Crippen LogP contribution in [-0.2, 0) is 33.2 Å². The van der Waals surface area contributed by atoms with E-state index in [9.17, 15) is 61.0 Å². The van der Waals surface area contributed by atoms with E-state index in [1.54, 1.807) is 6.08 Å². The summed E-state index contributed by atoms with van der Waals surface area (Å²) in [6, 6.07) is -0.971. The lowest BCUT2D eigenvalue weighted by molar-refractivity contribution is -0.379. The Morgan fingerprint density at radius 1 is 0.347 bits per heavy atom. The van der Waals surface area contributed by atoms with Gasteiger partial charge >= 0.3 is 0 Å². The van der Waals surface area contributed by atoms with Gasteiger partial charge in [0.2, 0.25) is 5.91 Å². The van der Waals surface area contributed by atoms with Gasteiger partial charge in [0.05, 0.1) is 38.6 Å². The van der Waals surface area contributed by atoms with Crippen LogP contribution in [0.25, 0.3) is 0 Å². The van der Waals surface area contributed by atoms with Gasteiger partial charge in [-0.15, -0.1) is 0 Å². The molecule has 0 aliphatic carbocycles. The number of aliphatic hydroxyl groups is 11. The minimum absolute atomic E-state index is 0.250. The van der Waals surface area contributed by atoms with Crippen LogP contribution in [-0.4, -0.2) is 193 Å². The summed E-state index contributed by atoms with van der Waals surface area (Å²) in [5.74, 6) is -0.265. The second-order valence-corrected chi connectivity index (χ2v) is 30.7. The fraction of sp³-hybridized carbons (Fsp3) is 0.963. The highest BCUT2D eigenvalue weighted by molar-refractivity contribution is 5.76. The molecule has 0 bridgehead atoms. The predicted molar refractivity (Wildman–Crippen MR) is 402 cm³/mol. The van der Waals surface area contributed by atoms with Crippen molar-refractivity contribution in [2.75, 3.05) is 26.4 Å². The molecule has 3 heterocycles. The van der Waals surface area contributed by atoms with Crippen LogP contribution < -0.4 is 5.32 Å². The van der Waals surface area contributed by atoms with E-state index in [1.165, 1.54) is 302 Å². The largest absolute Gasteiger partial charge is 0.394 e. The van der Waals surface area contributed by atoms with Crippen molar-refractivity contribution < 1.29 is 89.4 Å². The molecule has 3 fully saturated rings. The maximum Gasteiger partial charge on any atom is 0.220 e. The number of carbonyl (C=O) groups excluding carboxylic acids is 1. The summed E-state index contributed by atoms with van der Waals surface area (Å²) in [7, 11) is 0. The molecule has 12 N–H and O–H groups in total. The zero-order valence-electron chi connectivity index (χ0n) is 64.2. The van der Waals surface area contributed by atoms with E-state index in [0.717, 1.165) is 44.9 Å². The van der Waals surface area contributed by atoms with E-state index in [-0.39, 0.29) is 18.9 Å². The van der Waals surface area contributed by atoms with Gasteiger partial charge in [-0.05, 0) is 19.3 Å². The van der Waals surface area contributed by atoms with Crippen LogP contribution in [0, 0.1) is 0 Å². The number of aliphatic hydroxyl groups excluding tert-OH is 11. The quantitative estimate of drug-likeness (QED) is 0.0199. The van der Waals surface area contributed by atoms with Gasteiger partial charge in [-0.2, -0.15) is 0 Å². The standard InChI is InChI=1S/C82H157NO18/c1-3-5-7-9-11-13-15-17-19-21-23-25-27-29-31-32-34-35-37-39-41-43-45-47-49-51-53-55-57-59-66(87)65(83-70(88)60-58-56-54-52-50-48-46-44-42-40-38-36-33-30-28-26-24-22-20-18-16-14-12-10-8-6-4-2)64-96-80-76(94)73(91)78(68(62-85)98-80)101-82-77(95)74(92)79(69(63-86)99-82)100-81-75(93)72(90)71(89)67(61-84)97-81/h57,59,65-69,71-82,84-87,89-95H,3-56,58,60-64H2,1-2H3,(H,83,88)/b59-57+. The molecule has 3 saturated heterocycles. The first-order valence-electron chi connectivity index (χ1n) is 42.4. The summed E-state index contributed by atoms with van der Waals surface area (Å²) >= 11 is 0. The highest BCUT2D eigenvalue weighted by atomic mass is 16.8. The third-order valence-corrected chi connectivity index (χ3v) is 21.6. The number of unbranched alkanes of at least 4 members (excludes halogenated alkanes) is 53. The van der Waals surface area contributed by atoms with E-state index in [2.05, 4.69) is 19.2 Å². The Morgan fingerprint density at radius 2 is 0.614 bits per heavy atom. The van der Waals surface area contributed by atoms with Crippen molar-refractivity contribution in [3.8, 4) is 0 Å². The van der Waals surface area contributed by atoms with Gasteiger partial charge in [0, 0.05) is 6.42 Å². The Labute approximate surface area is 614 Å². The van der Waals surface area contributed by atoms with E-state index < -0.39 is 124 Å². The van der Waals surface area contributed by atoms with Crippen LogP contribution in [0.5, 0.6) is 0 Å². The van der Waals surface area contributed by atoms with Gasteiger partial charge in [-0.3, -0.25) is 4.79 Å². The molecule has 3 rings (SSSR count). The van der Waals surface area contributed by atoms with Crippen LogP contribution in [0.2, 0.25) is 0 Å². The average molecular weight is 1450 g/mol. The summed E-state index contributed by atoms with van der Waals surface area (Å²) in [5, 5.41) is 121. The van der Waals surface area contributed by atoms with E-state index in [0.29, 0.717) is 6.42 Å². The number of rotatable bonds is 69. The molecule has 0 saturated carbocycles. The van der Waals surface area contributed by atoms with Crippen molar-refractivity contribution in [3.63, 3.8) is 0 Å². The Morgan fingerprint density at radius 3 is 0.931 bits per heavy atom. The fourth-order valence-electron chi connectivity index (χ4n) is 14.8. The van der Waals surface area contributed by atoms with Crippen molar-refractivity contribution in [3.05, 3.63) is 12.2 Å². The molecule has 0 aromatic rings. The minimum atomic E-state index is -1.98. The second-order valence-electron chi connectivity index (χ2n) is 30.7. The molecule has 101 heavy (non-hydrogen) atoms. The lowest BCUT2D eigenvalue weighted by atomic mass is 9.96. The van der Waals surface area contributed by atoms with Gasteiger partial charge < -0.3 is 89.9 Å². The molecular weight excluding hydrogens is 1290 g/mol. The molecule has 17 atom stereocenters. The summed E-state index contributed by atoms with van der Waals surface area (Å²) in [5.41, 5.74) is 0. The fourth-order valence-corrected chi connectivity index (χ4v) is 14.8. The molecule has 0 aromatic heterocycles. The number of ether oxygens (including phenoxy) is 6. The zero-order chi connectivity index (χ0) is 73.2. The van der Waals surface area contributed by atoms with E-state index in [1.807, 2.05) is 6.08 Å². The van der Waals surface area contributed by atoms with E-state index >= 15 is 0 Å². The summed E-state index contributed by atoms with van der Waals surface area (Å²) in [6.45, 7) is 1.81. The second kappa shape index (κ2) is 63.5. The molecular formula is C82H157NO18. The third-order valence-electron chi connectivity index (χ3n) is 21.6. The zero-order valence-corrected chi connectivity index (χ0v) is 64.2. The summed E-state index contributed by atoms with van der Waals surface area (Å²) < 4.78 is 34.5. The van der Waals surface area contributed by atoms with Gasteiger partial charge in [0.1, 0.15) is 73.2 Å². The topological polar surface area (TPSA) is 307 Å². The molecule has 598 valence electrons. The van der Waals surface area contributed by atoms with Crippen LogP contribution in [0.3, 0.4) is 0 Å². The number of allylic oxidation sites excluding steroid dienone is 1. The Balaban J connectivity index is 1.36. The first kappa shape index (κ1) is 93.7. The minimum Gasteiger partial charge on any atom is -0.394 e. The number of hydrogen-bond acceptors (Lipinski definition) is 18. The molecule has 0 aromatic carbocycles. The molecule has 1 amide bonds. The molecule has 3 aliphatic rings. The lowest BCUT2D eigenvalue weighted by Crippen LogP contribution is -2.66. The molecule has 17 unspecified atom stereocenters. The summed E-state index contributed by atoms with van der Waals surface area (Å²) in [4.78, 5) is 13.5. The molecule has 0 spiro atoms. The highest BCUT2D eigenvalue weighted by Gasteiger charge is 2.54. The van der Waals surface area contributed by atoms with Gasteiger partial charge in [0.15, 0.2) is 18.9 Å². The Kier molecular flexibility index (Phi) is 58.9. The smallest absolute Gasteiger partial charge is 0.220 e. The molecule has 19 heteroatoms. The number of carbonyl (C=O) groups is 1. The Hall–Kier alpha value is -1.47. The first-order chi connectivity index (χ1) is 49.3. The maximum absolute atomic E-state index is 13.5. The van der Waals surface area contributed by atoms with Crippen LogP contribution in [0.4, 0.5) is 0 Å². The number of hydrogen-bond donors (Lipinski definition) is 12. The normalized spacial score (nSPS) is 26.3. The number of amides is 1. The highest BCUT2D eigenvalue weighted by Crippen LogP contribution is 2.33. The van der Waals surface area contributed by atoms with Crippen molar-refractivity contribution in [1.29, 1.82) is 0 Å². The van der Waals surface area contributed by atoms with Crippen molar-refractivity contribution in [2.24, 2.45) is 0 Å². The molecule has 0 radical (unpaired) electrons. The first-order valence-corrected chi connectivity index (χ1v) is 42.4. The van der Waals surface area contributed by atoms with E-state index in [4.69, 9.17) is 28.4 Å². The molecule has 19 nitrogen and oxygen atoms in total. The Bertz CT molecular complexity index is 1870. The van der Waals surface area contributed by atoms with Crippen molar-refractivity contribution in [2.45, 2.75) is 478 Å². The van der Waals surface area contributed by atoms with Crippen LogP contribution in [0.15, 0.2) is 12.2 Å². The molecule has 3 aliphatic heterocycles. The maximum atomic E-state index is 13.5. The van der Waals surface area contributed by atoms with Crippen molar-refractivity contribution in [1.82, 2.24) is 5.32 Å².